The minimum Gasteiger partial charge on any atom is -0.367 e. The number of morpholine rings is 1. The Hall–Kier alpha value is -5.44. The molecule has 73 heavy (non-hydrogen) atoms. The zero-order valence-electron chi connectivity index (χ0n) is 41.7. The van der Waals surface area contributed by atoms with Gasteiger partial charge in [0.05, 0.1) is 62.7 Å². The van der Waals surface area contributed by atoms with Crippen LogP contribution in [0.3, 0.4) is 0 Å². The van der Waals surface area contributed by atoms with Crippen LogP contribution in [0.5, 0.6) is 0 Å². The highest BCUT2D eigenvalue weighted by Crippen LogP contribution is 2.60. The molecule has 4 aromatic heterocycles. The predicted octanol–water partition coefficient (Wildman–Crippen LogP) is 8.76. The largest absolute Gasteiger partial charge is 0.367 e. The van der Waals surface area contributed by atoms with Gasteiger partial charge in [0.2, 0.25) is 21.9 Å². The van der Waals surface area contributed by atoms with Gasteiger partial charge in [-0.1, -0.05) is 11.6 Å². The average Bonchev–Trinajstić information content (AvgIpc) is 4.16. The highest BCUT2D eigenvalue weighted by molar-refractivity contribution is 7.92. The van der Waals surface area contributed by atoms with E-state index in [0.717, 1.165) is 61.5 Å². The summed E-state index contributed by atoms with van der Waals surface area (Å²) in [6.45, 7) is 11.3. The Morgan fingerprint density at radius 1 is 0.918 bits per heavy atom. The minimum absolute atomic E-state index is 0.0119. The normalized spacial score (nSPS) is 21.8. The molecule has 4 fully saturated rings. The van der Waals surface area contributed by atoms with Crippen LogP contribution in [0.15, 0.2) is 41.2 Å². The first kappa shape index (κ1) is 49.8. The van der Waals surface area contributed by atoms with Crippen LogP contribution in [0.2, 0.25) is 5.02 Å². The number of ether oxygens (including phenoxy) is 1. The van der Waals surface area contributed by atoms with Gasteiger partial charge in [-0.2, -0.15) is 10.2 Å². The summed E-state index contributed by atoms with van der Waals surface area (Å²) >= 11 is 7.01. The number of amides is 1. The van der Waals surface area contributed by atoms with E-state index in [9.17, 15) is 22.0 Å². The number of fused-ring (bicyclic) bond motifs is 5. The third-order valence-electron chi connectivity index (χ3n) is 15.1. The number of rotatable bonds is 14. The smallest absolute Gasteiger partial charge is 0.268 e. The molecule has 1 amide bonds. The minimum atomic E-state index is -3.94. The van der Waals surface area contributed by atoms with Crippen molar-refractivity contribution in [3.8, 4) is 5.69 Å². The Morgan fingerprint density at radius 3 is 2.29 bits per heavy atom. The van der Waals surface area contributed by atoms with Crippen molar-refractivity contribution in [1.29, 1.82) is 0 Å². The molecule has 1 aliphatic heterocycles. The number of carbonyl (C=O) groups is 1. The van der Waals surface area contributed by atoms with E-state index in [-0.39, 0.29) is 101 Å². The van der Waals surface area contributed by atoms with Crippen LogP contribution in [-0.4, -0.2) is 96.3 Å². The number of benzene rings is 2. The van der Waals surface area contributed by atoms with Gasteiger partial charge in [0.1, 0.15) is 24.0 Å². The Balaban J connectivity index is 1.10. The summed E-state index contributed by atoms with van der Waals surface area (Å²) < 4.78 is 98.6. The lowest BCUT2D eigenvalue weighted by molar-refractivity contribution is -0.180. The lowest BCUT2D eigenvalue weighted by Gasteiger charge is -2.47. The van der Waals surface area contributed by atoms with Crippen LogP contribution in [0.25, 0.3) is 27.6 Å². The van der Waals surface area contributed by atoms with Crippen molar-refractivity contribution in [3.05, 3.63) is 103 Å². The van der Waals surface area contributed by atoms with Crippen molar-refractivity contribution < 1.29 is 35.5 Å². The van der Waals surface area contributed by atoms with Gasteiger partial charge < -0.3 is 10.1 Å². The number of nitrogens with zero attached hydrogens (tertiary/aromatic N) is 8. The number of pyridine rings is 1. The van der Waals surface area contributed by atoms with Crippen molar-refractivity contribution >= 4 is 55.3 Å². The molecule has 6 aromatic rings. The number of aryl methyl sites for hydroxylation is 1. The molecule has 3 atom stereocenters. The lowest BCUT2D eigenvalue weighted by Crippen LogP contribution is -2.57. The number of hydrogen-bond acceptors (Lipinski definition) is 10. The van der Waals surface area contributed by atoms with Crippen LogP contribution in [-0.2, 0) is 45.5 Å². The van der Waals surface area contributed by atoms with E-state index in [4.69, 9.17) is 36.5 Å². The third-order valence-corrected chi connectivity index (χ3v) is 16.0. The number of sulfonamides is 1. The second-order valence-electron chi connectivity index (χ2n) is 22.5. The molecule has 0 bridgehead atoms. The van der Waals surface area contributed by atoms with Gasteiger partial charge >= 0.3 is 0 Å². The molecule has 15 nitrogen and oxygen atoms in total. The van der Waals surface area contributed by atoms with E-state index in [1.165, 1.54) is 16.2 Å². The first-order chi connectivity index (χ1) is 34.4. The number of halogens is 5. The molecule has 21 heteroatoms. The van der Waals surface area contributed by atoms with E-state index < -0.39 is 56.3 Å². The number of nitrogens with one attached hydrogen (secondary N) is 2. The Bertz CT molecular complexity index is 3380. The Kier molecular flexibility index (Phi) is 12.2. The van der Waals surface area contributed by atoms with E-state index in [0.29, 0.717) is 48.6 Å². The first-order valence-electron chi connectivity index (χ1n) is 25.1. The summed E-state index contributed by atoms with van der Waals surface area (Å²) in [7, 11) is -3.94. The molecule has 2 N–H and O–H groups in total. The molecule has 3 saturated carbocycles. The van der Waals surface area contributed by atoms with Crippen LogP contribution in [0.4, 0.5) is 23.4 Å². The lowest BCUT2D eigenvalue weighted by atomic mass is 9.84. The maximum atomic E-state index is 15.8. The molecule has 5 aliphatic rings. The first-order valence-corrected chi connectivity index (χ1v) is 27.4. The number of aromatic nitrogens is 7. The van der Waals surface area contributed by atoms with Gasteiger partial charge in [-0.3, -0.25) is 33.1 Å². The Labute approximate surface area is 425 Å². The molecular weight excluding hydrogens is 988 g/mol. The summed E-state index contributed by atoms with van der Waals surface area (Å²) in [6.07, 6.45) is 4.41. The quantitative estimate of drug-likeness (QED) is 0.101. The molecule has 4 aliphatic carbocycles. The highest BCUT2D eigenvalue weighted by atomic mass is 35.5. The van der Waals surface area contributed by atoms with Gasteiger partial charge in [-0.15, -0.1) is 0 Å². The SMILES string of the molecule is Cc1cc(C2CCC(F)(F)CC2)nc2nc([C@H](Cc3cc(F)cc(F)c3)NC(=O)Cn3nc(C4CC4)c4c3C[C@@H]3C[C@H]43)n(-c3ccc(Cl)c4c(NS(C)(=O)=O)nn(CCN5CC(C)(C)OC(C)(C)C5)c34)c(=O)c12. The fourth-order valence-corrected chi connectivity index (χ4v) is 12.9. The number of anilines is 1. The fourth-order valence-electron chi connectivity index (χ4n) is 12.2. The van der Waals surface area contributed by atoms with E-state index in [2.05, 4.69) is 14.9 Å². The number of hydrogen-bond donors (Lipinski definition) is 2. The summed E-state index contributed by atoms with van der Waals surface area (Å²) in [5.41, 5.74) is 3.20. The molecular formula is C52H59ClF4N10O5S. The molecule has 0 spiro atoms. The van der Waals surface area contributed by atoms with Crippen molar-refractivity contribution in [2.24, 2.45) is 5.92 Å². The molecule has 388 valence electrons. The summed E-state index contributed by atoms with van der Waals surface area (Å²) in [4.78, 5) is 42.8. The van der Waals surface area contributed by atoms with E-state index >= 15 is 13.6 Å². The van der Waals surface area contributed by atoms with Crippen LogP contribution >= 0.6 is 11.6 Å². The van der Waals surface area contributed by atoms with Gasteiger partial charge in [0.25, 0.3) is 5.56 Å². The van der Waals surface area contributed by atoms with Gasteiger partial charge in [-0.25, -0.2) is 35.9 Å². The maximum absolute atomic E-state index is 15.8. The van der Waals surface area contributed by atoms with Crippen molar-refractivity contribution in [2.45, 2.75) is 146 Å². The molecule has 2 aromatic carbocycles. The van der Waals surface area contributed by atoms with Crippen LogP contribution in [0.1, 0.15) is 136 Å². The number of carbonyl (C=O) groups excluding carboxylic acids is 1. The molecule has 0 radical (unpaired) electrons. The van der Waals surface area contributed by atoms with Crippen molar-refractivity contribution in [1.82, 2.24) is 44.3 Å². The molecule has 5 heterocycles. The zero-order valence-corrected chi connectivity index (χ0v) is 43.2. The molecule has 0 unspecified atom stereocenters. The highest BCUT2D eigenvalue weighted by Gasteiger charge is 2.51. The zero-order chi connectivity index (χ0) is 51.7. The van der Waals surface area contributed by atoms with Gasteiger partial charge in [0, 0.05) is 73.8 Å². The summed E-state index contributed by atoms with van der Waals surface area (Å²) in [5, 5.41) is 13.3. The summed E-state index contributed by atoms with van der Waals surface area (Å²) in [6, 6.07) is 6.57. The fraction of sp³-hybridized carbons (Fsp3) is 0.538. The van der Waals surface area contributed by atoms with Crippen molar-refractivity contribution in [3.63, 3.8) is 0 Å². The maximum Gasteiger partial charge on any atom is 0.268 e. The predicted molar refractivity (Wildman–Crippen MR) is 268 cm³/mol. The Morgan fingerprint density at radius 2 is 1.62 bits per heavy atom. The van der Waals surface area contributed by atoms with Crippen LogP contribution in [0, 0.1) is 24.5 Å². The second-order valence-corrected chi connectivity index (χ2v) is 24.6. The topological polar surface area (TPSA) is 171 Å². The monoisotopic (exact) mass is 1050 g/mol. The average molecular weight is 1050 g/mol. The summed E-state index contributed by atoms with van der Waals surface area (Å²) in [5.74, 6) is -4.20. The molecule has 1 saturated heterocycles. The van der Waals surface area contributed by atoms with Crippen molar-refractivity contribution in [2.75, 3.05) is 30.6 Å². The second kappa shape index (κ2) is 17.9. The standard InChI is InChI=1S/C52H59ClF4N10O5S/c1-27-17-36(29-11-13-52(56,57)14-12-29)59-46-41(27)49(69)67(38-10-9-35(53)43-45(38)65(62-47(43)63-73(6,70)71)16-15-64-25-50(2,3)72-51(4,5)26-64)48(60-46)37(20-28-18-32(54)23-33(55)19-28)58-40(68)24-66-39-22-31-21-34(31)42(39)44(61-66)30-7-8-30/h9-10,17-19,23,29-31,34,37H,7-8,11-16,20-22,24-26H2,1-6H3,(H,58,68)(H,62,63)/t31-,34-,37-/m0/s1. The van der Waals surface area contributed by atoms with Crippen LogP contribution < -0.4 is 15.6 Å². The van der Waals surface area contributed by atoms with E-state index in [1.807, 2.05) is 27.7 Å². The number of alkyl halides is 2. The van der Waals surface area contributed by atoms with Gasteiger partial charge in [-0.05, 0) is 126 Å². The third kappa shape index (κ3) is 10.00. The molecule has 11 rings (SSSR count). The van der Waals surface area contributed by atoms with E-state index in [1.54, 1.807) is 28.4 Å². The van der Waals surface area contributed by atoms with Gasteiger partial charge in [0.15, 0.2) is 11.5 Å².